The van der Waals surface area contributed by atoms with Crippen LogP contribution < -0.4 is 0 Å². The first-order chi connectivity index (χ1) is 13.5. The van der Waals surface area contributed by atoms with E-state index in [0.29, 0.717) is 35.3 Å². The molecule has 0 radical (unpaired) electrons. The molecule has 5 atom stereocenters. The summed E-state index contributed by atoms with van der Waals surface area (Å²) in [5, 5.41) is 0. The molecule has 1 aromatic carbocycles. The molecule has 4 rings (SSSR count). The molecular weight excluding hydrogens is 364 g/mol. The maximum Gasteiger partial charge on any atom is 0.266 e. The van der Waals surface area contributed by atoms with Crippen LogP contribution in [-0.2, 0) is 12.8 Å². The Labute approximate surface area is 165 Å². The van der Waals surface area contributed by atoms with Crippen molar-refractivity contribution in [3.05, 3.63) is 46.5 Å². The van der Waals surface area contributed by atoms with Crippen LogP contribution in [0.5, 0.6) is 0 Å². The lowest BCUT2D eigenvalue weighted by molar-refractivity contribution is 0.130. The molecule has 0 N–H and O–H groups in total. The van der Waals surface area contributed by atoms with Gasteiger partial charge in [0, 0.05) is 0 Å². The number of hydrogen-bond donors (Lipinski definition) is 0. The van der Waals surface area contributed by atoms with Gasteiger partial charge in [0.1, 0.15) is 0 Å². The Hall–Kier alpha value is -1.32. The highest BCUT2D eigenvalue weighted by Gasteiger charge is 2.37. The minimum Gasteiger partial charge on any atom is -0.203 e. The van der Waals surface area contributed by atoms with E-state index in [1.165, 1.54) is 0 Å². The smallest absolute Gasteiger partial charge is 0.203 e. The van der Waals surface area contributed by atoms with E-state index in [4.69, 9.17) is 0 Å². The Morgan fingerprint density at radius 3 is 2.50 bits per heavy atom. The van der Waals surface area contributed by atoms with Crippen molar-refractivity contribution in [2.24, 2.45) is 23.7 Å². The highest BCUT2D eigenvalue weighted by Crippen LogP contribution is 2.49. The third-order valence-electron chi connectivity index (χ3n) is 7.78. The molecule has 0 amide bonds. The summed E-state index contributed by atoms with van der Waals surface area (Å²) < 4.78 is 55.0. The molecule has 28 heavy (non-hydrogen) atoms. The zero-order valence-electron chi connectivity index (χ0n) is 16.6. The van der Waals surface area contributed by atoms with Gasteiger partial charge < -0.3 is 0 Å². The zero-order chi connectivity index (χ0) is 19.8. The number of fused-ring (bicyclic) bond motifs is 2. The van der Waals surface area contributed by atoms with Gasteiger partial charge in [0.05, 0.1) is 0 Å². The first-order valence-electron chi connectivity index (χ1n) is 11.0. The van der Waals surface area contributed by atoms with Crippen molar-refractivity contribution in [3.63, 3.8) is 0 Å². The van der Waals surface area contributed by atoms with Gasteiger partial charge in [0.2, 0.25) is 0 Å². The maximum absolute atomic E-state index is 15.0. The predicted octanol–water partition coefficient (Wildman–Crippen LogP) is 7.56. The molecule has 0 spiro atoms. The molecule has 0 saturated heterocycles. The molecule has 0 nitrogen and oxygen atoms in total. The van der Waals surface area contributed by atoms with Gasteiger partial charge in [-0.2, -0.15) is 8.78 Å². The Morgan fingerprint density at radius 1 is 1.00 bits per heavy atom. The van der Waals surface area contributed by atoms with E-state index >= 15 is 0 Å². The van der Waals surface area contributed by atoms with E-state index in [9.17, 15) is 17.6 Å². The minimum absolute atomic E-state index is 0.0211. The van der Waals surface area contributed by atoms with Crippen LogP contribution in [0.4, 0.5) is 17.6 Å². The van der Waals surface area contributed by atoms with E-state index in [2.05, 4.69) is 6.92 Å². The molecule has 3 aliphatic rings. The van der Waals surface area contributed by atoms with E-state index in [1.807, 2.05) is 6.07 Å². The van der Waals surface area contributed by atoms with Gasteiger partial charge in [-0.3, -0.25) is 0 Å². The first kappa shape index (κ1) is 20.0. The third kappa shape index (κ3) is 3.89. The van der Waals surface area contributed by atoms with Crippen molar-refractivity contribution < 1.29 is 17.6 Å². The second-order valence-corrected chi connectivity index (χ2v) is 9.31. The third-order valence-corrected chi connectivity index (χ3v) is 7.78. The maximum atomic E-state index is 15.0. The van der Waals surface area contributed by atoms with Crippen molar-refractivity contribution in [2.45, 2.75) is 77.0 Å². The lowest BCUT2D eigenvalue weighted by atomic mass is 9.63. The molecule has 0 heterocycles. The number of allylic oxidation sites excluding steroid dienone is 1. The molecule has 0 bridgehead atoms. The Balaban J connectivity index is 1.51. The first-order valence-corrected chi connectivity index (χ1v) is 11.0. The summed E-state index contributed by atoms with van der Waals surface area (Å²) in [5.74, 6) is 0.161. The Kier molecular flexibility index (Phi) is 5.85. The van der Waals surface area contributed by atoms with Crippen LogP contribution in [0, 0.1) is 35.3 Å². The number of aryl methyl sites for hydroxylation is 1. The molecular formula is C24H30F4. The quantitative estimate of drug-likeness (QED) is 0.464. The molecule has 154 valence electrons. The minimum atomic E-state index is -1.57. The molecule has 3 aliphatic carbocycles. The van der Waals surface area contributed by atoms with Gasteiger partial charge in [-0.15, -0.1) is 0 Å². The van der Waals surface area contributed by atoms with Crippen LogP contribution >= 0.6 is 0 Å². The van der Waals surface area contributed by atoms with Crippen molar-refractivity contribution in [1.82, 2.24) is 0 Å². The van der Waals surface area contributed by atoms with Gasteiger partial charge in [-0.05, 0) is 110 Å². The standard InChI is InChI=1S/C24H30F4/c1-2-14-3-6-19-13-21(24(28)23(27)20(19)10-14)18-8-7-16-9-15(11-22(25)26)4-5-17(16)12-18/h11,13-18H,2-10,12H2,1H3. The summed E-state index contributed by atoms with van der Waals surface area (Å²) in [6.07, 6.45) is 8.27. The van der Waals surface area contributed by atoms with Gasteiger partial charge in [0.15, 0.2) is 11.6 Å². The van der Waals surface area contributed by atoms with E-state index in [-0.39, 0.29) is 11.8 Å². The average molecular weight is 394 g/mol. The molecule has 0 aromatic heterocycles. The molecule has 0 aliphatic heterocycles. The van der Waals surface area contributed by atoms with Crippen LogP contribution in [0.1, 0.15) is 80.9 Å². The van der Waals surface area contributed by atoms with Gasteiger partial charge >= 0.3 is 0 Å². The molecule has 5 unspecified atom stereocenters. The normalized spacial score (nSPS) is 32.4. The second-order valence-electron chi connectivity index (χ2n) is 9.31. The molecule has 2 saturated carbocycles. The lowest BCUT2D eigenvalue weighted by Crippen LogP contribution is -2.30. The highest BCUT2D eigenvalue weighted by molar-refractivity contribution is 5.38. The van der Waals surface area contributed by atoms with Gasteiger partial charge in [-0.25, -0.2) is 8.78 Å². The highest BCUT2D eigenvalue weighted by atomic mass is 19.3. The summed E-state index contributed by atoms with van der Waals surface area (Å²) >= 11 is 0. The van der Waals surface area contributed by atoms with Crippen LogP contribution in [0.3, 0.4) is 0 Å². The van der Waals surface area contributed by atoms with Crippen LogP contribution in [0.15, 0.2) is 18.2 Å². The van der Waals surface area contributed by atoms with E-state index < -0.39 is 17.7 Å². The monoisotopic (exact) mass is 394 g/mol. The number of halogens is 4. The predicted molar refractivity (Wildman–Crippen MR) is 103 cm³/mol. The largest absolute Gasteiger partial charge is 0.266 e. The summed E-state index contributed by atoms with van der Waals surface area (Å²) in [6.45, 7) is 2.11. The van der Waals surface area contributed by atoms with Crippen LogP contribution in [0.2, 0.25) is 0 Å². The van der Waals surface area contributed by atoms with Crippen molar-refractivity contribution in [2.75, 3.05) is 0 Å². The average Bonchev–Trinajstić information content (AvgIpc) is 2.69. The topological polar surface area (TPSA) is 0 Å². The summed E-state index contributed by atoms with van der Waals surface area (Å²) in [4.78, 5) is 0. The summed E-state index contributed by atoms with van der Waals surface area (Å²) in [5.41, 5.74) is 2.18. The summed E-state index contributed by atoms with van der Waals surface area (Å²) in [7, 11) is 0. The lowest BCUT2D eigenvalue weighted by Gasteiger charge is -2.42. The Bertz CT molecular complexity index is 749. The number of rotatable bonds is 3. The van der Waals surface area contributed by atoms with E-state index in [0.717, 1.165) is 69.4 Å². The molecule has 1 aromatic rings. The second kappa shape index (κ2) is 8.20. The fourth-order valence-electron chi connectivity index (χ4n) is 6.12. The number of benzene rings is 1. The molecule has 4 heteroatoms. The van der Waals surface area contributed by atoms with Crippen molar-refractivity contribution >= 4 is 0 Å². The fourth-order valence-corrected chi connectivity index (χ4v) is 6.12. The van der Waals surface area contributed by atoms with Crippen LogP contribution in [0.25, 0.3) is 0 Å². The number of hydrogen-bond acceptors (Lipinski definition) is 0. The van der Waals surface area contributed by atoms with Crippen molar-refractivity contribution in [1.29, 1.82) is 0 Å². The van der Waals surface area contributed by atoms with Gasteiger partial charge in [0.25, 0.3) is 6.08 Å². The van der Waals surface area contributed by atoms with Crippen LogP contribution in [-0.4, -0.2) is 0 Å². The fraction of sp³-hybridized carbons (Fsp3) is 0.667. The molecule has 2 fully saturated rings. The van der Waals surface area contributed by atoms with E-state index in [1.54, 1.807) is 0 Å². The van der Waals surface area contributed by atoms with Gasteiger partial charge in [-0.1, -0.05) is 19.4 Å². The van der Waals surface area contributed by atoms with Crippen molar-refractivity contribution in [3.8, 4) is 0 Å². The Morgan fingerprint density at radius 2 is 1.75 bits per heavy atom. The SMILES string of the molecule is CCC1CCc2cc(C3CCC4CC(C=C(F)F)CCC4C3)c(F)c(F)c2C1. The zero-order valence-corrected chi connectivity index (χ0v) is 16.6. The summed E-state index contributed by atoms with van der Waals surface area (Å²) in [6, 6.07) is 1.96.